The van der Waals surface area contributed by atoms with Crippen molar-refractivity contribution in [2.45, 2.75) is 46.1 Å². The number of hydrogen-bond acceptors (Lipinski definition) is 1. The lowest BCUT2D eigenvalue weighted by atomic mass is 9.69. The summed E-state index contributed by atoms with van der Waals surface area (Å²) in [6, 6.07) is 7.32. The first kappa shape index (κ1) is 12.0. The van der Waals surface area contributed by atoms with Gasteiger partial charge >= 0.3 is 0 Å². The fraction of sp³-hybridized carbons (Fsp3) is 0.625. The van der Waals surface area contributed by atoms with Gasteiger partial charge in [0, 0.05) is 11.7 Å². The van der Waals surface area contributed by atoms with Crippen LogP contribution in [0.5, 0.6) is 0 Å². The Morgan fingerprint density at radius 1 is 1.28 bits per heavy atom. The van der Waals surface area contributed by atoms with Crippen molar-refractivity contribution >= 4 is 5.69 Å². The van der Waals surface area contributed by atoms with Crippen molar-refractivity contribution in [3.05, 3.63) is 30.1 Å². The summed E-state index contributed by atoms with van der Waals surface area (Å²) < 4.78 is 13.2. The summed E-state index contributed by atoms with van der Waals surface area (Å²) in [5.74, 6) is 0.654. The third-order valence-corrected chi connectivity index (χ3v) is 5.96. The molecule has 1 N–H and O–H groups in total. The molecule has 3 atom stereocenters. The highest BCUT2D eigenvalue weighted by Gasteiger charge is 2.61. The molecule has 1 aromatic carbocycles. The van der Waals surface area contributed by atoms with Crippen LogP contribution in [0, 0.1) is 22.6 Å². The Morgan fingerprint density at radius 3 is 2.61 bits per heavy atom. The second kappa shape index (κ2) is 3.72. The molecule has 0 spiro atoms. The van der Waals surface area contributed by atoms with Gasteiger partial charge in [0.1, 0.15) is 5.82 Å². The van der Waals surface area contributed by atoms with E-state index in [1.807, 2.05) is 6.07 Å². The monoisotopic (exact) mass is 247 g/mol. The summed E-state index contributed by atoms with van der Waals surface area (Å²) in [7, 11) is 0. The number of nitrogens with one attached hydrogen (secondary N) is 1. The minimum Gasteiger partial charge on any atom is -0.382 e. The van der Waals surface area contributed by atoms with Crippen molar-refractivity contribution in [3.8, 4) is 0 Å². The van der Waals surface area contributed by atoms with Gasteiger partial charge in [-0.05, 0) is 54.2 Å². The lowest BCUT2D eigenvalue weighted by Crippen LogP contribution is -2.40. The lowest BCUT2D eigenvalue weighted by Gasteiger charge is -2.40. The largest absolute Gasteiger partial charge is 0.382 e. The van der Waals surface area contributed by atoms with E-state index in [1.165, 1.54) is 25.3 Å². The van der Waals surface area contributed by atoms with Crippen LogP contribution in [0.4, 0.5) is 10.1 Å². The third-order valence-electron chi connectivity index (χ3n) is 5.96. The molecule has 2 fully saturated rings. The Bertz CT molecular complexity index is 468. The van der Waals surface area contributed by atoms with Crippen molar-refractivity contribution in [3.63, 3.8) is 0 Å². The Hall–Kier alpha value is -1.05. The maximum absolute atomic E-state index is 13.2. The van der Waals surface area contributed by atoms with Crippen molar-refractivity contribution < 1.29 is 4.39 Å². The second-order valence-electron chi connectivity index (χ2n) is 6.82. The quantitative estimate of drug-likeness (QED) is 0.814. The van der Waals surface area contributed by atoms with E-state index in [0.29, 0.717) is 16.9 Å². The van der Waals surface area contributed by atoms with Gasteiger partial charge < -0.3 is 5.32 Å². The highest BCUT2D eigenvalue weighted by atomic mass is 19.1. The summed E-state index contributed by atoms with van der Waals surface area (Å²) in [4.78, 5) is 0. The van der Waals surface area contributed by atoms with Crippen molar-refractivity contribution in [2.24, 2.45) is 16.7 Å². The summed E-state index contributed by atoms with van der Waals surface area (Å²) in [6.07, 6.45) is 3.86. The molecule has 2 aliphatic carbocycles. The van der Waals surface area contributed by atoms with Crippen molar-refractivity contribution in [1.82, 2.24) is 0 Å². The SMILES string of the molecule is CC1(C)C2CCC1(C)C(Nc1cccc(F)c1)C2. The molecule has 3 rings (SSSR count). The molecule has 0 radical (unpaired) electrons. The molecule has 0 aliphatic heterocycles. The maximum atomic E-state index is 13.2. The van der Waals surface area contributed by atoms with Crippen LogP contribution in [0.3, 0.4) is 0 Å². The highest BCUT2D eigenvalue weighted by molar-refractivity contribution is 5.45. The number of hydrogen-bond donors (Lipinski definition) is 1. The Balaban J connectivity index is 1.84. The van der Waals surface area contributed by atoms with E-state index >= 15 is 0 Å². The molecule has 2 aliphatic rings. The van der Waals surface area contributed by atoms with Gasteiger partial charge in [0.25, 0.3) is 0 Å². The van der Waals surface area contributed by atoms with Gasteiger partial charge in [0.2, 0.25) is 0 Å². The zero-order valence-corrected chi connectivity index (χ0v) is 11.5. The number of anilines is 1. The van der Waals surface area contributed by atoms with Crippen LogP contribution in [-0.4, -0.2) is 6.04 Å². The van der Waals surface area contributed by atoms with Crippen molar-refractivity contribution in [2.75, 3.05) is 5.32 Å². The van der Waals surface area contributed by atoms with Gasteiger partial charge in [-0.2, -0.15) is 0 Å². The molecular weight excluding hydrogens is 225 g/mol. The molecule has 0 saturated heterocycles. The van der Waals surface area contributed by atoms with E-state index in [1.54, 1.807) is 12.1 Å². The molecule has 98 valence electrons. The molecular formula is C16H22FN. The minimum absolute atomic E-state index is 0.160. The van der Waals surface area contributed by atoms with E-state index in [9.17, 15) is 4.39 Å². The van der Waals surface area contributed by atoms with E-state index in [4.69, 9.17) is 0 Å². The van der Waals surface area contributed by atoms with Gasteiger partial charge in [-0.25, -0.2) is 4.39 Å². The summed E-state index contributed by atoms with van der Waals surface area (Å²) >= 11 is 0. The van der Waals surface area contributed by atoms with E-state index in [-0.39, 0.29) is 5.82 Å². The first-order chi connectivity index (χ1) is 8.43. The summed E-state index contributed by atoms with van der Waals surface area (Å²) in [5, 5.41) is 3.57. The zero-order valence-electron chi connectivity index (χ0n) is 11.5. The normalized spacial score (nSPS) is 36.9. The van der Waals surface area contributed by atoms with E-state index < -0.39 is 0 Å². The van der Waals surface area contributed by atoms with E-state index in [2.05, 4.69) is 26.1 Å². The molecule has 2 heteroatoms. The topological polar surface area (TPSA) is 12.0 Å². The number of fused-ring (bicyclic) bond motifs is 2. The first-order valence-electron chi connectivity index (χ1n) is 6.95. The Labute approximate surface area is 109 Å². The average Bonchev–Trinajstić information content (AvgIpc) is 2.62. The smallest absolute Gasteiger partial charge is 0.125 e. The first-order valence-corrected chi connectivity index (χ1v) is 6.95. The fourth-order valence-corrected chi connectivity index (χ4v) is 4.20. The highest BCUT2D eigenvalue weighted by Crippen LogP contribution is 2.65. The van der Waals surface area contributed by atoms with Crippen LogP contribution in [0.2, 0.25) is 0 Å². The summed E-state index contributed by atoms with van der Waals surface area (Å²) in [6.45, 7) is 7.20. The standard InChI is InChI=1S/C16H22FN/c1-15(2)11-7-8-16(15,3)14(9-11)18-13-6-4-5-12(17)10-13/h4-6,10-11,14,18H,7-9H2,1-3H3. The van der Waals surface area contributed by atoms with Crippen LogP contribution in [0.1, 0.15) is 40.0 Å². The van der Waals surface area contributed by atoms with Gasteiger partial charge in [-0.3, -0.25) is 0 Å². The maximum Gasteiger partial charge on any atom is 0.125 e. The number of rotatable bonds is 2. The molecule has 2 bridgehead atoms. The molecule has 0 aromatic heterocycles. The Kier molecular flexibility index (Phi) is 2.48. The van der Waals surface area contributed by atoms with Gasteiger partial charge in [0.05, 0.1) is 0 Å². The van der Waals surface area contributed by atoms with Crippen LogP contribution in [0.15, 0.2) is 24.3 Å². The predicted molar refractivity (Wildman–Crippen MR) is 73.0 cm³/mol. The molecule has 0 amide bonds. The lowest BCUT2D eigenvalue weighted by molar-refractivity contribution is 0.142. The van der Waals surface area contributed by atoms with Gasteiger partial charge in [-0.15, -0.1) is 0 Å². The van der Waals surface area contributed by atoms with Gasteiger partial charge in [0.15, 0.2) is 0 Å². The molecule has 2 saturated carbocycles. The van der Waals surface area contributed by atoms with Crippen LogP contribution in [0.25, 0.3) is 0 Å². The number of halogens is 1. The Morgan fingerprint density at radius 2 is 2.06 bits per heavy atom. The molecule has 3 unspecified atom stereocenters. The number of benzene rings is 1. The average molecular weight is 247 g/mol. The van der Waals surface area contributed by atoms with Crippen LogP contribution in [-0.2, 0) is 0 Å². The fourth-order valence-electron chi connectivity index (χ4n) is 4.20. The minimum atomic E-state index is -0.160. The van der Waals surface area contributed by atoms with Crippen molar-refractivity contribution in [1.29, 1.82) is 0 Å². The van der Waals surface area contributed by atoms with E-state index in [0.717, 1.165) is 11.6 Å². The third kappa shape index (κ3) is 1.51. The van der Waals surface area contributed by atoms with Crippen LogP contribution < -0.4 is 5.32 Å². The molecule has 18 heavy (non-hydrogen) atoms. The molecule has 1 nitrogen and oxygen atoms in total. The summed E-state index contributed by atoms with van der Waals surface area (Å²) in [5.41, 5.74) is 1.66. The zero-order chi connectivity index (χ0) is 13.0. The van der Waals surface area contributed by atoms with Crippen LogP contribution >= 0.6 is 0 Å². The predicted octanol–water partition coefficient (Wildman–Crippen LogP) is 4.45. The molecule has 1 aromatic rings. The van der Waals surface area contributed by atoms with Gasteiger partial charge in [-0.1, -0.05) is 26.8 Å². The molecule has 0 heterocycles. The second-order valence-corrected chi connectivity index (χ2v) is 6.82.